The van der Waals surface area contributed by atoms with Crippen LogP contribution in [0.4, 0.5) is 0 Å². The van der Waals surface area contributed by atoms with Gasteiger partial charge in [-0.25, -0.2) is 4.83 Å². The first-order chi connectivity index (χ1) is 10.4. The van der Waals surface area contributed by atoms with Gasteiger partial charge in [-0.3, -0.25) is 0 Å². The summed E-state index contributed by atoms with van der Waals surface area (Å²) >= 11 is 0. The average molecular weight is 324 g/mol. The van der Waals surface area contributed by atoms with Crippen LogP contribution in [0.25, 0.3) is 0 Å². The maximum atomic E-state index is 12.3. The third-order valence-corrected chi connectivity index (χ3v) is 5.00. The fourth-order valence-corrected chi connectivity index (χ4v) is 3.05. The van der Waals surface area contributed by atoms with Gasteiger partial charge in [0.2, 0.25) is 0 Å². The minimum Gasteiger partial charge on any atom is -0.200 e. The van der Waals surface area contributed by atoms with Crippen molar-refractivity contribution in [2.24, 2.45) is 5.10 Å². The van der Waals surface area contributed by atoms with Crippen molar-refractivity contribution in [1.82, 2.24) is 4.83 Å². The minimum absolute atomic E-state index is 0.260. The monoisotopic (exact) mass is 324 g/mol. The number of nitrogens with one attached hydrogen (secondary N) is 1. The lowest BCUT2D eigenvalue weighted by atomic mass is 9.99. The van der Waals surface area contributed by atoms with Crippen LogP contribution in [0.15, 0.2) is 34.3 Å². The van der Waals surface area contributed by atoms with Gasteiger partial charge in [0.05, 0.1) is 4.90 Å². The van der Waals surface area contributed by atoms with Gasteiger partial charge < -0.3 is 0 Å². The highest BCUT2D eigenvalue weighted by molar-refractivity contribution is 7.89. The summed E-state index contributed by atoms with van der Waals surface area (Å²) in [7, 11) is -3.58. The summed E-state index contributed by atoms with van der Waals surface area (Å²) in [6.07, 6.45) is 4.60. The van der Waals surface area contributed by atoms with E-state index in [1.165, 1.54) is 0 Å². The van der Waals surface area contributed by atoms with E-state index in [9.17, 15) is 8.42 Å². The van der Waals surface area contributed by atoms with Crippen molar-refractivity contribution in [3.8, 4) is 0 Å². The van der Waals surface area contributed by atoms with Crippen molar-refractivity contribution in [2.45, 2.75) is 70.6 Å². The summed E-state index contributed by atoms with van der Waals surface area (Å²) in [5.74, 6) is 0.434. The van der Waals surface area contributed by atoms with Gasteiger partial charge in [0, 0.05) is 5.71 Å². The van der Waals surface area contributed by atoms with Crippen LogP contribution in [0.2, 0.25) is 0 Å². The third-order valence-electron chi connectivity index (χ3n) is 3.77. The number of rotatable bonds is 9. The molecule has 0 aliphatic rings. The Morgan fingerprint density at radius 3 is 2.09 bits per heavy atom. The van der Waals surface area contributed by atoms with Crippen molar-refractivity contribution in [1.29, 1.82) is 0 Å². The van der Waals surface area contributed by atoms with Crippen molar-refractivity contribution in [3.63, 3.8) is 0 Å². The maximum absolute atomic E-state index is 12.3. The zero-order valence-corrected chi connectivity index (χ0v) is 14.9. The van der Waals surface area contributed by atoms with Gasteiger partial charge in [0.15, 0.2) is 0 Å². The Morgan fingerprint density at radius 1 is 1.09 bits per heavy atom. The molecule has 1 rings (SSSR count). The summed E-state index contributed by atoms with van der Waals surface area (Å²) < 4.78 is 24.6. The second-order valence-corrected chi connectivity index (χ2v) is 7.31. The van der Waals surface area contributed by atoms with Gasteiger partial charge in [-0.1, -0.05) is 52.7 Å². The van der Waals surface area contributed by atoms with Crippen LogP contribution in [-0.4, -0.2) is 14.1 Å². The Morgan fingerprint density at radius 2 is 1.64 bits per heavy atom. The molecule has 0 radical (unpaired) electrons. The molecule has 22 heavy (non-hydrogen) atoms. The Hall–Kier alpha value is -1.36. The second-order valence-electron chi connectivity index (χ2n) is 5.65. The molecule has 0 amide bonds. The molecule has 0 heterocycles. The molecule has 0 fully saturated rings. The summed E-state index contributed by atoms with van der Waals surface area (Å²) in [6.45, 7) is 8.38. The molecule has 1 unspecified atom stereocenters. The second kappa shape index (κ2) is 8.93. The quantitative estimate of drug-likeness (QED) is 0.539. The molecule has 5 heteroatoms. The van der Waals surface area contributed by atoms with E-state index >= 15 is 0 Å². The first-order valence-corrected chi connectivity index (χ1v) is 9.60. The molecule has 4 nitrogen and oxygen atoms in total. The van der Waals surface area contributed by atoms with Gasteiger partial charge in [0.25, 0.3) is 10.0 Å². The normalized spacial score (nSPS) is 12.7. The molecular weight excluding hydrogens is 296 g/mol. The summed E-state index contributed by atoms with van der Waals surface area (Å²) in [5.41, 5.74) is 2.06. The molecule has 124 valence electrons. The summed E-state index contributed by atoms with van der Waals surface area (Å²) in [5, 5.41) is 4.10. The van der Waals surface area contributed by atoms with Gasteiger partial charge in [-0.15, -0.1) is 0 Å². The topological polar surface area (TPSA) is 58.5 Å². The zero-order valence-electron chi connectivity index (χ0n) is 14.1. The van der Waals surface area contributed by atoms with Crippen LogP contribution in [0.5, 0.6) is 0 Å². The van der Waals surface area contributed by atoms with Crippen LogP contribution < -0.4 is 4.83 Å². The van der Waals surface area contributed by atoms with Crippen molar-refractivity contribution in [3.05, 3.63) is 29.8 Å². The van der Waals surface area contributed by atoms with Gasteiger partial charge in [-0.05, 0) is 42.9 Å². The lowest BCUT2D eigenvalue weighted by Gasteiger charge is -2.10. The predicted molar refractivity (Wildman–Crippen MR) is 92.7 cm³/mol. The molecule has 0 bridgehead atoms. The Kier molecular flexibility index (Phi) is 7.59. The van der Waals surface area contributed by atoms with Crippen molar-refractivity contribution >= 4 is 15.7 Å². The average Bonchev–Trinajstić information content (AvgIpc) is 2.52. The van der Waals surface area contributed by atoms with E-state index in [2.05, 4.69) is 37.6 Å². The van der Waals surface area contributed by atoms with E-state index in [0.717, 1.165) is 43.4 Å². The summed E-state index contributed by atoms with van der Waals surface area (Å²) in [4.78, 5) is 2.63. The van der Waals surface area contributed by atoms with E-state index in [4.69, 9.17) is 0 Å². The Bertz CT molecular complexity index is 569. The van der Waals surface area contributed by atoms with Crippen LogP contribution in [-0.2, 0) is 10.0 Å². The zero-order chi connectivity index (χ0) is 16.6. The van der Waals surface area contributed by atoms with Crippen LogP contribution >= 0.6 is 0 Å². The smallest absolute Gasteiger partial charge is 0.200 e. The highest BCUT2D eigenvalue weighted by Crippen LogP contribution is 2.20. The molecular formula is C17H28N2O2S. The SMILES string of the molecule is CCCC(CCC)=NNS(=O)(=O)c1ccc(C(C)CC)cc1. The van der Waals surface area contributed by atoms with Crippen LogP contribution in [0.1, 0.15) is 71.3 Å². The molecule has 0 spiro atoms. The number of hydrogen-bond acceptors (Lipinski definition) is 3. The molecule has 1 atom stereocenters. The predicted octanol–water partition coefficient (Wildman–Crippen LogP) is 4.43. The van der Waals surface area contributed by atoms with Crippen molar-refractivity contribution in [2.75, 3.05) is 0 Å². The third kappa shape index (κ3) is 5.44. The van der Waals surface area contributed by atoms with Crippen LogP contribution in [0, 0.1) is 0 Å². The summed E-state index contributed by atoms with van der Waals surface area (Å²) in [6, 6.07) is 7.06. The highest BCUT2D eigenvalue weighted by Gasteiger charge is 2.14. The number of nitrogens with zero attached hydrogens (tertiary/aromatic N) is 1. The van der Waals surface area contributed by atoms with E-state index in [-0.39, 0.29) is 4.90 Å². The number of benzene rings is 1. The van der Waals surface area contributed by atoms with Crippen molar-refractivity contribution < 1.29 is 8.42 Å². The number of hydrazone groups is 1. The molecule has 0 aromatic heterocycles. The molecule has 0 aliphatic heterocycles. The number of hydrogen-bond donors (Lipinski definition) is 1. The Balaban J connectivity index is 2.87. The Labute approximate surface area is 135 Å². The molecule has 1 aromatic carbocycles. The van der Waals surface area contributed by atoms with E-state index in [1.54, 1.807) is 12.1 Å². The maximum Gasteiger partial charge on any atom is 0.276 e. The van der Waals surface area contributed by atoms with E-state index in [0.29, 0.717) is 5.92 Å². The van der Waals surface area contributed by atoms with Gasteiger partial charge in [0.1, 0.15) is 0 Å². The largest absolute Gasteiger partial charge is 0.276 e. The lowest BCUT2D eigenvalue weighted by molar-refractivity contribution is 0.584. The molecule has 1 aromatic rings. The molecule has 0 saturated heterocycles. The first-order valence-electron chi connectivity index (χ1n) is 8.11. The minimum atomic E-state index is -3.58. The molecule has 0 aliphatic carbocycles. The van der Waals surface area contributed by atoms with Crippen LogP contribution in [0.3, 0.4) is 0 Å². The fraction of sp³-hybridized carbons (Fsp3) is 0.588. The lowest BCUT2D eigenvalue weighted by Crippen LogP contribution is -2.20. The fourth-order valence-electron chi connectivity index (χ4n) is 2.20. The standard InChI is InChI=1S/C17H28N2O2S/c1-5-8-16(9-6-2)18-19-22(20,21)17-12-10-15(11-13-17)14(4)7-3/h10-14,19H,5-9H2,1-4H3. The number of sulfonamides is 1. The van der Waals surface area contributed by atoms with E-state index in [1.807, 2.05) is 12.1 Å². The first kappa shape index (κ1) is 18.7. The molecule has 1 N–H and O–H groups in total. The van der Waals surface area contributed by atoms with Gasteiger partial charge in [-0.2, -0.15) is 13.5 Å². The molecule has 0 saturated carbocycles. The highest BCUT2D eigenvalue weighted by atomic mass is 32.2. The van der Waals surface area contributed by atoms with Gasteiger partial charge >= 0.3 is 0 Å². The van der Waals surface area contributed by atoms with E-state index < -0.39 is 10.0 Å².